The van der Waals surface area contributed by atoms with Crippen LogP contribution >= 0.6 is 0 Å². The molecule has 0 bridgehead atoms. The summed E-state index contributed by atoms with van der Waals surface area (Å²) in [7, 11) is 0. The fourth-order valence-corrected chi connectivity index (χ4v) is 1.98. The van der Waals surface area contributed by atoms with Crippen LogP contribution in [0.15, 0.2) is 29.1 Å². The lowest BCUT2D eigenvalue weighted by atomic mass is 10.00. The molecule has 0 amide bonds. The molecular weight excluding hydrogens is 212 g/mol. The molecule has 0 aliphatic heterocycles. The van der Waals surface area contributed by atoms with Crippen LogP contribution in [0.5, 0.6) is 0 Å². The van der Waals surface area contributed by atoms with Gasteiger partial charge in [0.05, 0.1) is 0 Å². The van der Waals surface area contributed by atoms with E-state index in [-0.39, 0.29) is 5.56 Å². The Morgan fingerprint density at radius 1 is 1.29 bits per heavy atom. The molecule has 0 aliphatic carbocycles. The van der Waals surface area contributed by atoms with Crippen molar-refractivity contribution in [3.05, 3.63) is 45.9 Å². The third-order valence-corrected chi connectivity index (χ3v) is 3.01. The summed E-state index contributed by atoms with van der Waals surface area (Å²) in [5.74, 6) is 0.433. The molecule has 3 N–H and O–H groups in total. The zero-order valence-corrected chi connectivity index (χ0v) is 10.3. The number of nitrogens with two attached hydrogens (primary N) is 1. The number of hydrogen-bond acceptors (Lipinski definition) is 2. The van der Waals surface area contributed by atoms with Gasteiger partial charge in [-0.05, 0) is 42.0 Å². The third kappa shape index (κ3) is 2.39. The topological polar surface area (TPSA) is 58.9 Å². The molecule has 1 aromatic carbocycles. The normalized spacial score (nSPS) is 11.3. The molecule has 1 aromatic heterocycles. The molecule has 90 valence electrons. The van der Waals surface area contributed by atoms with Crippen LogP contribution in [0.1, 0.15) is 31.0 Å². The van der Waals surface area contributed by atoms with Crippen LogP contribution in [-0.2, 0) is 6.42 Å². The van der Waals surface area contributed by atoms with Crippen LogP contribution in [0.25, 0.3) is 10.8 Å². The second-order valence-corrected chi connectivity index (χ2v) is 4.66. The van der Waals surface area contributed by atoms with Crippen LogP contribution < -0.4 is 11.3 Å². The maximum atomic E-state index is 12.0. The number of rotatable bonds is 3. The standard InChI is InChI=1S/C14H18N2O/c1-9(2)10-3-4-11-7-12(5-6-15)16-14(17)13(11)8-10/h3-4,7-9H,5-6,15H2,1-2H3,(H,16,17). The predicted molar refractivity (Wildman–Crippen MR) is 71.4 cm³/mol. The molecular formula is C14H18N2O. The smallest absolute Gasteiger partial charge is 0.256 e. The van der Waals surface area contributed by atoms with Crippen molar-refractivity contribution in [1.82, 2.24) is 4.98 Å². The molecule has 0 unspecified atom stereocenters. The van der Waals surface area contributed by atoms with Crippen molar-refractivity contribution < 1.29 is 0 Å². The van der Waals surface area contributed by atoms with Crippen molar-refractivity contribution in [2.45, 2.75) is 26.2 Å². The van der Waals surface area contributed by atoms with Gasteiger partial charge in [-0.15, -0.1) is 0 Å². The summed E-state index contributed by atoms with van der Waals surface area (Å²) >= 11 is 0. The highest BCUT2D eigenvalue weighted by Crippen LogP contribution is 2.19. The van der Waals surface area contributed by atoms with Gasteiger partial charge in [0.15, 0.2) is 0 Å². The summed E-state index contributed by atoms with van der Waals surface area (Å²) in [4.78, 5) is 14.8. The van der Waals surface area contributed by atoms with Crippen LogP contribution in [0, 0.1) is 0 Å². The van der Waals surface area contributed by atoms with Crippen molar-refractivity contribution in [2.24, 2.45) is 5.73 Å². The fourth-order valence-electron chi connectivity index (χ4n) is 1.98. The largest absolute Gasteiger partial charge is 0.330 e. The maximum Gasteiger partial charge on any atom is 0.256 e. The number of benzene rings is 1. The highest BCUT2D eigenvalue weighted by atomic mass is 16.1. The van der Waals surface area contributed by atoms with Gasteiger partial charge in [0.2, 0.25) is 0 Å². The monoisotopic (exact) mass is 230 g/mol. The summed E-state index contributed by atoms with van der Waals surface area (Å²) in [5, 5.41) is 1.75. The first kappa shape index (κ1) is 11.9. The molecule has 0 atom stereocenters. The highest BCUT2D eigenvalue weighted by molar-refractivity contribution is 5.82. The molecule has 0 saturated carbocycles. The summed E-state index contributed by atoms with van der Waals surface area (Å²) in [6.45, 7) is 4.79. The predicted octanol–water partition coefficient (Wildman–Crippen LogP) is 2.15. The van der Waals surface area contributed by atoms with Crippen molar-refractivity contribution in [3.63, 3.8) is 0 Å². The first-order valence-electron chi connectivity index (χ1n) is 5.97. The van der Waals surface area contributed by atoms with Crippen LogP contribution in [0.4, 0.5) is 0 Å². The summed E-state index contributed by atoms with van der Waals surface area (Å²) in [5.41, 5.74) is 7.57. The molecule has 0 spiro atoms. The number of aromatic amines is 1. The van der Waals surface area contributed by atoms with Gasteiger partial charge < -0.3 is 10.7 Å². The van der Waals surface area contributed by atoms with E-state index in [1.165, 1.54) is 5.56 Å². The van der Waals surface area contributed by atoms with Gasteiger partial charge in [0.1, 0.15) is 0 Å². The van der Waals surface area contributed by atoms with Crippen LogP contribution in [-0.4, -0.2) is 11.5 Å². The van der Waals surface area contributed by atoms with Gasteiger partial charge >= 0.3 is 0 Å². The van der Waals surface area contributed by atoms with Crippen molar-refractivity contribution in [1.29, 1.82) is 0 Å². The lowest BCUT2D eigenvalue weighted by molar-refractivity contribution is 0.868. The minimum absolute atomic E-state index is 0.0200. The Bertz CT molecular complexity index is 584. The molecule has 17 heavy (non-hydrogen) atoms. The van der Waals surface area contributed by atoms with Gasteiger partial charge in [0, 0.05) is 11.1 Å². The summed E-state index contributed by atoms with van der Waals surface area (Å²) in [6, 6.07) is 8.08. The molecule has 0 radical (unpaired) electrons. The van der Waals surface area contributed by atoms with Gasteiger partial charge in [-0.25, -0.2) is 0 Å². The zero-order chi connectivity index (χ0) is 12.4. The first-order valence-corrected chi connectivity index (χ1v) is 5.97. The molecule has 0 saturated heterocycles. The number of hydrogen-bond donors (Lipinski definition) is 2. The number of nitrogens with one attached hydrogen (secondary N) is 1. The van der Waals surface area contributed by atoms with E-state index in [1.54, 1.807) is 0 Å². The number of aromatic nitrogens is 1. The van der Waals surface area contributed by atoms with E-state index in [0.717, 1.165) is 16.5 Å². The molecule has 2 aromatic rings. The Morgan fingerprint density at radius 2 is 2.06 bits per heavy atom. The average Bonchev–Trinajstić information content (AvgIpc) is 2.29. The van der Waals surface area contributed by atoms with E-state index in [4.69, 9.17) is 5.73 Å². The maximum absolute atomic E-state index is 12.0. The SMILES string of the molecule is CC(C)c1ccc2cc(CCN)[nH]c(=O)c2c1. The number of fused-ring (bicyclic) bond motifs is 1. The van der Waals surface area contributed by atoms with Crippen molar-refractivity contribution >= 4 is 10.8 Å². The van der Waals surface area contributed by atoms with Gasteiger partial charge in [-0.3, -0.25) is 4.79 Å². The third-order valence-electron chi connectivity index (χ3n) is 3.01. The van der Waals surface area contributed by atoms with Crippen LogP contribution in [0.2, 0.25) is 0 Å². The molecule has 1 heterocycles. The summed E-state index contributed by atoms with van der Waals surface area (Å²) < 4.78 is 0. The lowest BCUT2D eigenvalue weighted by Crippen LogP contribution is -2.12. The highest BCUT2D eigenvalue weighted by Gasteiger charge is 2.05. The van der Waals surface area contributed by atoms with Gasteiger partial charge in [0.25, 0.3) is 5.56 Å². The Morgan fingerprint density at radius 3 is 2.71 bits per heavy atom. The Labute approximate surface area is 101 Å². The van der Waals surface area contributed by atoms with E-state index in [2.05, 4.69) is 24.9 Å². The molecule has 3 heteroatoms. The number of pyridine rings is 1. The average molecular weight is 230 g/mol. The van der Waals surface area contributed by atoms with E-state index in [1.807, 2.05) is 18.2 Å². The first-order chi connectivity index (χ1) is 8.11. The summed E-state index contributed by atoms with van der Waals surface area (Å²) in [6.07, 6.45) is 0.705. The Kier molecular flexibility index (Phi) is 3.29. The molecule has 2 rings (SSSR count). The molecule has 0 fully saturated rings. The minimum Gasteiger partial charge on any atom is -0.330 e. The minimum atomic E-state index is -0.0200. The van der Waals surface area contributed by atoms with E-state index < -0.39 is 0 Å². The second kappa shape index (κ2) is 4.72. The fraction of sp³-hybridized carbons (Fsp3) is 0.357. The van der Waals surface area contributed by atoms with Gasteiger partial charge in [-0.1, -0.05) is 26.0 Å². The quantitative estimate of drug-likeness (QED) is 0.848. The zero-order valence-electron chi connectivity index (χ0n) is 10.3. The van der Waals surface area contributed by atoms with E-state index >= 15 is 0 Å². The lowest BCUT2D eigenvalue weighted by Gasteiger charge is -2.07. The van der Waals surface area contributed by atoms with E-state index in [0.29, 0.717) is 18.9 Å². The van der Waals surface area contributed by atoms with Gasteiger partial charge in [-0.2, -0.15) is 0 Å². The van der Waals surface area contributed by atoms with Crippen molar-refractivity contribution in [2.75, 3.05) is 6.54 Å². The molecule has 0 aliphatic rings. The Balaban J connectivity index is 2.60. The van der Waals surface area contributed by atoms with Crippen molar-refractivity contribution in [3.8, 4) is 0 Å². The van der Waals surface area contributed by atoms with E-state index in [9.17, 15) is 4.79 Å². The second-order valence-electron chi connectivity index (χ2n) is 4.66. The van der Waals surface area contributed by atoms with Crippen LogP contribution in [0.3, 0.4) is 0 Å². The Hall–Kier alpha value is -1.61. The molecule has 3 nitrogen and oxygen atoms in total. The number of H-pyrrole nitrogens is 1.